The van der Waals surface area contributed by atoms with Crippen LogP contribution in [-0.2, 0) is 24.0 Å². The minimum Gasteiger partial charge on any atom is -0.376 e. The zero-order chi connectivity index (χ0) is 18.4. The second kappa shape index (κ2) is 6.99. The van der Waals surface area contributed by atoms with Gasteiger partial charge in [-0.15, -0.1) is 11.3 Å². The Hall–Kier alpha value is -1.79. The molecular formula is C21H26N4OS. The van der Waals surface area contributed by atoms with Crippen LogP contribution in [-0.4, -0.2) is 34.2 Å². The Morgan fingerprint density at radius 1 is 1.22 bits per heavy atom. The summed E-state index contributed by atoms with van der Waals surface area (Å²) in [5.74, 6) is 1.55. The van der Waals surface area contributed by atoms with Crippen LogP contribution in [0.4, 0.5) is 5.82 Å². The summed E-state index contributed by atoms with van der Waals surface area (Å²) >= 11 is 1.74. The molecule has 1 aliphatic carbocycles. The molecule has 0 amide bonds. The van der Waals surface area contributed by atoms with Gasteiger partial charge in [-0.25, -0.2) is 15.0 Å². The van der Waals surface area contributed by atoms with Gasteiger partial charge in [-0.05, 0) is 55.6 Å². The lowest BCUT2D eigenvalue weighted by Gasteiger charge is -2.11. The van der Waals surface area contributed by atoms with Gasteiger partial charge in [0, 0.05) is 24.2 Å². The molecule has 4 heterocycles. The fourth-order valence-corrected chi connectivity index (χ4v) is 5.62. The van der Waals surface area contributed by atoms with Gasteiger partial charge in [-0.3, -0.25) is 0 Å². The van der Waals surface area contributed by atoms with Gasteiger partial charge in [-0.2, -0.15) is 0 Å². The second-order valence-corrected chi connectivity index (χ2v) is 9.16. The molecule has 5 nitrogen and oxygen atoms in total. The highest BCUT2D eigenvalue weighted by molar-refractivity contribution is 7.26. The summed E-state index contributed by atoms with van der Waals surface area (Å²) in [5.41, 5.74) is 5.36. The van der Waals surface area contributed by atoms with Gasteiger partial charge < -0.3 is 10.1 Å². The Balaban J connectivity index is 1.60. The average molecular weight is 383 g/mol. The number of thiophene rings is 1. The number of aryl methyl sites for hydroxylation is 1. The first-order valence-electron chi connectivity index (χ1n) is 10.1. The fourth-order valence-electron chi connectivity index (χ4n) is 4.47. The van der Waals surface area contributed by atoms with E-state index in [9.17, 15) is 0 Å². The number of anilines is 1. The van der Waals surface area contributed by atoms with E-state index in [-0.39, 0.29) is 0 Å². The zero-order valence-corrected chi connectivity index (χ0v) is 16.9. The van der Waals surface area contributed by atoms with Crippen LogP contribution >= 0.6 is 11.3 Å². The monoisotopic (exact) mass is 382 g/mol. The molecule has 3 aromatic rings. The van der Waals surface area contributed by atoms with Gasteiger partial charge in [-0.1, -0.05) is 13.8 Å². The maximum Gasteiger partial charge on any atom is 0.147 e. The summed E-state index contributed by atoms with van der Waals surface area (Å²) in [6, 6.07) is 0. The molecule has 0 bridgehead atoms. The van der Waals surface area contributed by atoms with Gasteiger partial charge in [0.05, 0.1) is 16.3 Å². The van der Waals surface area contributed by atoms with E-state index >= 15 is 0 Å². The van der Waals surface area contributed by atoms with Crippen molar-refractivity contribution in [3.63, 3.8) is 0 Å². The molecule has 1 saturated heterocycles. The van der Waals surface area contributed by atoms with Crippen LogP contribution in [0.15, 0.2) is 6.33 Å². The summed E-state index contributed by atoms with van der Waals surface area (Å²) in [6.07, 6.45) is 8.86. The van der Waals surface area contributed by atoms with E-state index in [1.807, 2.05) is 0 Å². The lowest BCUT2D eigenvalue weighted by atomic mass is 9.99. The summed E-state index contributed by atoms with van der Waals surface area (Å²) in [4.78, 5) is 15.4. The highest BCUT2D eigenvalue weighted by atomic mass is 32.1. The Kier molecular flexibility index (Phi) is 4.48. The van der Waals surface area contributed by atoms with Crippen molar-refractivity contribution < 1.29 is 4.74 Å². The number of rotatable bonds is 5. The number of nitrogens with zero attached hydrogens (tertiary/aromatic N) is 3. The van der Waals surface area contributed by atoms with Gasteiger partial charge in [0.15, 0.2) is 0 Å². The molecule has 1 N–H and O–H groups in total. The third-order valence-electron chi connectivity index (χ3n) is 5.68. The molecule has 142 valence electrons. The summed E-state index contributed by atoms with van der Waals surface area (Å²) < 4.78 is 6.88. The quantitative estimate of drug-likeness (QED) is 0.703. The van der Waals surface area contributed by atoms with E-state index < -0.39 is 0 Å². The first kappa shape index (κ1) is 17.3. The van der Waals surface area contributed by atoms with Crippen LogP contribution in [0.25, 0.3) is 20.4 Å². The topological polar surface area (TPSA) is 59.9 Å². The average Bonchev–Trinajstić information content (AvgIpc) is 3.37. The minimum absolute atomic E-state index is 0.296. The smallest absolute Gasteiger partial charge is 0.147 e. The third kappa shape index (κ3) is 3.09. The van der Waals surface area contributed by atoms with Crippen LogP contribution in [0.5, 0.6) is 0 Å². The molecule has 2 aliphatic rings. The number of ether oxygens (including phenoxy) is 1. The summed E-state index contributed by atoms with van der Waals surface area (Å²) in [7, 11) is 0. The molecule has 0 radical (unpaired) electrons. The van der Waals surface area contributed by atoms with Crippen molar-refractivity contribution in [1.29, 1.82) is 0 Å². The first-order chi connectivity index (χ1) is 13.2. The molecular weight excluding hydrogens is 356 g/mol. The number of fused-ring (bicyclic) bond motifs is 5. The summed E-state index contributed by atoms with van der Waals surface area (Å²) in [6.45, 7) is 6.24. The highest BCUT2D eigenvalue weighted by Crippen LogP contribution is 2.41. The molecule has 1 atom stereocenters. The van der Waals surface area contributed by atoms with E-state index in [0.717, 1.165) is 66.1 Å². The van der Waals surface area contributed by atoms with Crippen molar-refractivity contribution in [2.24, 2.45) is 5.92 Å². The normalized spacial score (nSPS) is 19.4. The van der Waals surface area contributed by atoms with Gasteiger partial charge in [0.25, 0.3) is 0 Å². The predicted molar refractivity (Wildman–Crippen MR) is 111 cm³/mol. The largest absolute Gasteiger partial charge is 0.376 e. The number of hydrogen-bond donors (Lipinski definition) is 1. The maximum absolute atomic E-state index is 5.74. The lowest BCUT2D eigenvalue weighted by molar-refractivity contribution is 0.120. The Labute approximate surface area is 163 Å². The van der Waals surface area contributed by atoms with Crippen LogP contribution in [0.2, 0.25) is 0 Å². The van der Waals surface area contributed by atoms with Gasteiger partial charge in [0.1, 0.15) is 17.0 Å². The first-order valence-corrected chi connectivity index (χ1v) is 11.0. The van der Waals surface area contributed by atoms with Crippen LogP contribution in [0.3, 0.4) is 0 Å². The molecule has 1 fully saturated rings. The van der Waals surface area contributed by atoms with Crippen molar-refractivity contribution in [2.45, 2.75) is 58.5 Å². The molecule has 1 aliphatic heterocycles. The molecule has 0 aromatic carbocycles. The minimum atomic E-state index is 0.296. The number of hydrogen-bond acceptors (Lipinski definition) is 6. The summed E-state index contributed by atoms with van der Waals surface area (Å²) in [5, 5.41) is 4.79. The Morgan fingerprint density at radius 3 is 2.93 bits per heavy atom. The molecule has 3 aromatic heterocycles. The van der Waals surface area contributed by atoms with Crippen molar-refractivity contribution in [3.8, 4) is 0 Å². The highest BCUT2D eigenvalue weighted by Gasteiger charge is 2.25. The van der Waals surface area contributed by atoms with Crippen molar-refractivity contribution in [2.75, 3.05) is 18.5 Å². The lowest BCUT2D eigenvalue weighted by Crippen LogP contribution is -2.18. The van der Waals surface area contributed by atoms with E-state index in [2.05, 4.69) is 29.1 Å². The van der Waals surface area contributed by atoms with E-state index in [1.165, 1.54) is 28.6 Å². The van der Waals surface area contributed by atoms with E-state index in [4.69, 9.17) is 9.72 Å². The molecule has 0 saturated carbocycles. The molecule has 0 unspecified atom stereocenters. The van der Waals surface area contributed by atoms with Crippen molar-refractivity contribution in [1.82, 2.24) is 15.0 Å². The number of pyridine rings is 1. The van der Waals surface area contributed by atoms with Crippen molar-refractivity contribution in [3.05, 3.63) is 23.1 Å². The van der Waals surface area contributed by atoms with Crippen LogP contribution in [0, 0.1) is 5.92 Å². The third-order valence-corrected chi connectivity index (χ3v) is 6.76. The van der Waals surface area contributed by atoms with Crippen LogP contribution < -0.4 is 5.32 Å². The molecule has 5 rings (SSSR count). The standard InChI is InChI=1S/C21H26N4OS/c1-12(2)9-16-14-6-3-7-15(14)17-18-19(27-21(17)25-16)20(24-11-23-18)22-10-13-5-4-8-26-13/h11-13H,3-10H2,1-2H3,(H,22,23,24)/t13-/m1/s1. The van der Waals surface area contributed by atoms with Gasteiger partial charge in [0.2, 0.25) is 0 Å². The van der Waals surface area contributed by atoms with Crippen molar-refractivity contribution >= 4 is 37.6 Å². The molecule has 27 heavy (non-hydrogen) atoms. The SMILES string of the molecule is CC(C)Cc1nc2sc3c(NC[C@H]4CCCO4)ncnc3c2c2c1CCC2. The van der Waals surface area contributed by atoms with Gasteiger partial charge >= 0.3 is 0 Å². The van der Waals surface area contributed by atoms with Crippen LogP contribution in [0.1, 0.15) is 49.9 Å². The fraction of sp³-hybridized carbons (Fsp3) is 0.571. The number of nitrogens with one attached hydrogen (secondary N) is 1. The molecule has 6 heteroatoms. The van der Waals surface area contributed by atoms with E-state index in [0.29, 0.717) is 12.0 Å². The molecule has 0 spiro atoms. The second-order valence-electron chi connectivity index (χ2n) is 8.17. The zero-order valence-electron chi connectivity index (χ0n) is 16.0. The Bertz CT molecular complexity index is 991. The van der Waals surface area contributed by atoms with E-state index in [1.54, 1.807) is 17.7 Å². The Morgan fingerprint density at radius 2 is 2.11 bits per heavy atom. The maximum atomic E-state index is 5.74. The predicted octanol–water partition coefficient (Wildman–Crippen LogP) is 4.52. The number of aromatic nitrogens is 3.